The number of halogens is 1. The lowest BCUT2D eigenvalue weighted by Gasteiger charge is -2.23. The van der Waals surface area contributed by atoms with Crippen LogP contribution in [0, 0.1) is 5.92 Å². The Bertz CT molecular complexity index is 527. The summed E-state index contributed by atoms with van der Waals surface area (Å²) in [6.45, 7) is 3.98. The summed E-state index contributed by atoms with van der Waals surface area (Å²) >= 11 is 3.45. The van der Waals surface area contributed by atoms with Gasteiger partial charge < -0.3 is 5.32 Å². The van der Waals surface area contributed by atoms with E-state index in [0.717, 1.165) is 30.4 Å². The van der Waals surface area contributed by atoms with Crippen molar-refractivity contribution in [1.29, 1.82) is 0 Å². The first kappa shape index (κ1) is 16.0. The zero-order chi connectivity index (χ0) is 14.6. The number of hydrogen-bond acceptors (Lipinski definition) is 3. The normalized spacial score (nSPS) is 22.8. The third-order valence-electron chi connectivity index (χ3n) is 3.93. The van der Waals surface area contributed by atoms with Crippen molar-refractivity contribution in [1.82, 2.24) is 5.32 Å². The maximum absolute atomic E-state index is 11.7. The lowest BCUT2D eigenvalue weighted by atomic mass is 9.85. The predicted octanol–water partition coefficient (Wildman–Crippen LogP) is 2.97. The summed E-state index contributed by atoms with van der Waals surface area (Å²) in [4.78, 5) is 0. The molecule has 1 aromatic rings. The first-order valence-corrected chi connectivity index (χ1v) is 9.80. The molecule has 5 heteroatoms. The minimum absolute atomic E-state index is 0.241. The Balaban J connectivity index is 2.14. The Morgan fingerprint density at radius 3 is 2.60 bits per heavy atom. The van der Waals surface area contributed by atoms with Gasteiger partial charge in [0.15, 0.2) is 9.84 Å². The Morgan fingerprint density at radius 1 is 1.35 bits per heavy atom. The summed E-state index contributed by atoms with van der Waals surface area (Å²) in [7, 11) is -2.82. The summed E-state index contributed by atoms with van der Waals surface area (Å²) in [6, 6.07) is 8.28. The molecule has 1 saturated heterocycles. The third-order valence-corrected chi connectivity index (χ3v) is 6.25. The maximum atomic E-state index is 11.7. The van der Waals surface area contributed by atoms with Gasteiger partial charge in [-0.05, 0) is 43.0 Å². The second kappa shape index (κ2) is 7.05. The van der Waals surface area contributed by atoms with E-state index in [0.29, 0.717) is 11.5 Å². The SMILES string of the molecule is CCCNCC(c1ccc(Br)cc1)C1CCS(=O)(=O)C1. The van der Waals surface area contributed by atoms with Crippen LogP contribution < -0.4 is 5.32 Å². The van der Waals surface area contributed by atoms with Crippen LogP contribution in [0.1, 0.15) is 31.2 Å². The zero-order valence-corrected chi connectivity index (χ0v) is 14.2. The molecule has 0 spiro atoms. The number of nitrogens with one attached hydrogen (secondary N) is 1. The molecule has 1 heterocycles. The van der Waals surface area contributed by atoms with Crippen LogP contribution >= 0.6 is 15.9 Å². The van der Waals surface area contributed by atoms with Crippen molar-refractivity contribution < 1.29 is 8.42 Å². The summed E-state index contributed by atoms with van der Waals surface area (Å²) in [5, 5.41) is 3.45. The predicted molar refractivity (Wildman–Crippen MR) is 86.8 cm³/mol. The van der Waals surface area contributed by atoms with Crippen LogP contribution in [0.25, 0.3) is 0 Å². The van der Waals surface area contributed by atoms with E-state index in [1.165, 1.54) is 5.56 Å². The summed E-state index contributed by atoms with van der Waals surface area (Å²) in [6.07, 6.45) is 1.88. The number of sulfone groups is 1. The van der Waals surface area contributed by atoms with Gasteiger partial charge in [-0.25, -0.2) is 8.42 Å². The van der Waals surface area contributed by atoms with Gasteiger partial charge in [0.1, 0.15) is 0 Å². The molecule has 0 radical (unpaired) electrons. The van der Waals surface area contributed by atoms with Crippen LogP contribution in [0.5, 0.6) is 0 Å². The molecule has 0 aromatic heterocycles. The van der Waals surface area contributed by atoms with Crippen molar-refractivity contribution in [2.24, 2.45) is 5.92 Å². The number of rotatable bonds is 6. The van der Waals surface area contributed by atoms with Gasteiger partial charge in [0.2, 0.25) is 0 Å². The summed E-state index contributed by atoms with van der Waals surface area (Å²) in [5.74, 6) is 1.21. The summed E-state index contributed by atoms with van der Waals surface area (Å²) < 4.78 is 24.5. The molecule has 1 fully saturated rings. The van der Waals surface area contributed by atoms with Crippen LogP contribution in [-0.2, 0) is 9.84 Å². The van der Waals surface area contributed by atoms with Gasteiger partial charge in [0.05, 0.1) is 11.5 Å². The zero-order valence-electron chi connectivity index (χ0n) is 11.8. The molecule has 1 aromatic carbocycles. The molecule has 0 bridgehead atoms. The van der Waals surface area contributed by atoms with Crippen molar-refractivity contribution in [3.05, 3.63) is 34.3 Å². The minimum Gasteiger partial charge on any atom is -0.316 e. The van der Waals surface area contributed by atoms with Crippen molar-refractivity contribution in [3.8, 4) is 0 Å². The minimum atomic E-state index is -2.82. The molecule has 0 amide bonds. The van der Waals surface area contributed by atoms with Crippen LogP contribution in [-0.4, -0.2) is 33.0 Å². The highest BCUT2D eigenvalue weighted by atomic mass is 79.9. The molecule has 20 heavy (non-hydrogen) atoms. The number of benzene rings is 1. The fourth-order valence-electron chi connectivity index (χ4n) is 2.84. The van der Waals surface area contributed by atoms with E-state index < -0.39 is 9.84 Å². The highest BCUT2D eigenvalue weighted by molar-refractivity contribution is 9.10. The Kier molecular flexibility index (Phi) is 5.64. The van der Waals surface area contributed by atoms with Gasteiger partial charge in [-0.15, -0.1) is 0 Å². The lowest BCUT2D eigenvalue weighted by molar-refractivity contribution is 0.438. The first-order valence-electron chi connectivity index (χ1n) is 7.18. The van der Waals surface area contributed by atoms with Gasteiger partial charge in [0, 0.05) is 16.9 Å². The van der Waals surface area contributed by atoms with E-state index in [9.17, 15) is 8.42 Å². The fourth-order valence-corrected chi connectivity index (χ4v) is 4.99. The second-order valence-electron chi connectivity index (χ2n) is 5.53. The highest BCUT2D eigenvalue weighted by Crippen LogP contribution is 2.33. The topological polar surface area (TPSA) is 46.2 Å². The third kappa shape index (κ3) is 4.30. The number of hydrogen-bond donors (Lipinski definition) is 1. The van der Waals surface area contributed by atoms with Crippen LogP contribution in [0.15, 0.2) is 28.7 Å². The van der Waals surface area contributed by atoms with E-state index in [-0.39, 0.29) is 11.8 Å². The van der Waals surface area contributed by atoms with E-state index in [2.05, 4.69) is 40.3 Å². The second-order valence-corrected chi connectivity index (χ2v) is 8.67. The Morgan fingerprint density at radius 2 is 2.05 bits per heavy atom. The largest absolute Gasteiger partial charge is 0.316 e. The molecular formula is C15H22BrNO2S. The monoisotopic (exact) mass is 359 g/mol. The fraction of sp³-hybridized carbons (Fsp3) is 0.600. The standard InChI is InChI=1S/C15H22BrNO2S/c1-2-8-17-10-15(12-3-5-14(16)6-4-12)13-7-9-20(18,19)11-13/h3-6,13,15,17H,2,7-11H2,1H3. The summed E-state index contributed by atoms with van der Waals surface area (Å²) in [5.41, 5.74) is 1.24. The lowest BCUT2D eigenvalue weighted by Crippen LogP contribution is -2.28. The van der Waals surface area contributed by atoms with Crippen LogP contribution in [0.3, 0.4) is 0 Å². The van der Waals surface area contributed by atoms with E-state index in [1.807, 2.05) is 12.1 Å². The Labute approximate surface area is 130 Å². The molecule has 0 saturated carbocycles. The molecule has 2 unspecified atom stereocenters. The Hall–Kier alpha value is -0.390. The molecule has 112 valence electrons. The quantitative estimate of drug-likeness (QED) is 0.794. The van der Waals surface area contributed by atoms with Gasteiger partial charge >= 0.3 is 0 Å². The van der Waals surface area contributed by atoms with Crippen LogP contribution in [0.2, 0.25) is 0 Å². The average molecular weight is 360 g/mol. The van der Waals surface area contributed by atoms with Gasteiger partial charge in [-0.2, -0.15) is 0 Å². The molecule has 1 N–H and O–H groups in total. The molecule has 1 aliphatic rings. The van der Waals surface area contributed by atoms with Crippen molar-refractivity contribution in [3.63, 3.8) is 0 Å². The van der Waals surface area contributed by atoms with E-state index in [4.69, 9.17) is 0 Å². The van der Waals surface area contributed by atoms with Gasteiger partial charge in [-0.3, -0.25) is 0 Å². The van der Waals surface area contributed by atoms with Crippen molar-refractivity contribution in [2.45, 2.75) is 25.7 Å². The van der Waals surface area contributed by atoms with E-state index >= 15 is 0 Å². The van der Waals surface area contributed by atoms with Crippen LogP contribution in [0.4, 0.5) is 0 Å². The molecule has 1 aliphatic heterocycles. The van der Waals surface area contributed by atoms with Gasteiger partial charge in [-0.1, -0.05) is 35.0 Å². The average Bonchev–Trinajstić information content (AvgIpc) is 2.76. The maximum Gasteiger partial charge on any atom is 0.150 e. The van der Waals surface area contributed by atoms with Crippen molar-refractivity contribution >= 4 is 25.8 Å². The molecule has 2 atom stereocenters. The first-order chi connectivity index (χ1) is 9.52. The highest BCUT2D eigenvalue weighted by Gasteiger charge is 2.34. The molecule has 0 aliphatic carbocycles. The van der Waals surface area contributed by atoms with Gasteiger partial charge in [0.25, 0.3) is 0 Å². The smallest absolute Gasteiger partial charge is 0.150 e. The molecule has 3 nitrogen and oxygen atoms in total. The molecule has 2 rings (SSSR count). The van der Waals surface area contributed by atoms with E-state index in [1.54, 1.807) is 0 Å². The molecular weight excluding hydrogens is 338 g/mol. The van der Waals surface area contributed by atoms with Crippen molar-refractivity contribution in [2.75, 3.05) is 24.6 Å².